The van der Waals surface area contributed by atoms with E-state index in [2.05, 4.69) is 4.98 Å². The van der Waals surface area contributed by atoms with Gasteiger partial charge in [-0.15, -0.1) is 0 Å². The zero-order chi connectivity index (χ0) is 15.6. The molecule has 0 amide bonds. The molecule has 22 heavy (non-hydrogen) atoms. The van der Waals surface area contributed by atoms with Gasteiger partial charge in [0.05, 0.1) is 13.2 Å². The lowest BCUT2D eigenvalue weighted by atomic mass is 10.0. The maximum Gasteiger partial charge on any atom is 0.282 e. The minimum absolute atomic E-state index is 0.119. The second-order valence-electron chi connectivity index (χ2n) is 5.80. The molecule has 2 saturated heterocycles. The molecule has 1 aromatic heterocycles. The van der Waals surface area contributed by atoms with Gasteiger partial charge in [-0.2, -0.15) is 17.0 Å². The molecule has 3 heterocycles. The first-order valence-electron chi connectivity index (χ1n) is 7.56. The monoisotopic (exact) mass is 327 g/mol. The van der Waals surface area contributed by atoms with Gasteiger partial charge >= 0.3 is 0 Å². The van der Waals surface area contributed by atoms with Crippen LogP contribution in [0.15, 0.2) is 23.1 Å². The van der Waals surface area contributed by atoms with Crippen LogP contribution in [0.1, 0.15) is 12.0 Å². The summed E-state index contributed by atoms with van der Waals surface area (Å²) in [5.41, 5.74) is 0.918. The maximum atomic E-state index is 12.6. The third-order valence-corrected chi connectivity index (χ3v) is 6.25. The third-order valence-electron chi connectivity index (χ3n) is 4.24. The predicted octanol–water partition coefficient (Wildman–Crippen LogP) is -0.184. The number of nitrogens with zero attached hydrogens (tertiary/aromatic N) is 2. The summed E-state index contributed by atoms with van der Waals surface area (Å²) in [5.74, 6) is 0.293. The molecule has 0 radical (unpaired) electrons. The van der Waals surface area contributed by atoms with E-state index in [4.69, 9.17) is 4.74 Å². The topological polar surface area (TPSA) is 82.7 Å². The lowest BCUT2D eigenvalue weighted by Gasteiger charge is -2.30. The molecule has 2 aliphatic rings. The fourth-order valence-electron chi connectivity index (χ4n) is 3.02. The molecule has 3 rings (SSSR count). The molecule has 8 heteroatoms. The van der Waals surface area contributed by atoms with Crippen molar-refractivity contribution in [3.8, 4) is 0 Å². The van der Waals surface area contributed by atoms with Crippen LogP contribution >= 0.6 is 0 Å². The molecular formula is C14H21N3O4S. The molecule has 0 aromatic carbocycles. The summed E-state index contributed by atoms with van der Waals surface area (Å²) in [4.78, 5) is 13.7. The summed E-state index contributed by atoms with van der Waals surface area (Å²) in [6, 6.07) is 3.31. The first kappa shape index (κ1) is 15.7. The van der Waals surface area contributed by atoms with Gasteiger partial charge in [0.25, 0.3) is 10.2 Å². The molecule has 1 N–H and O–H groups in total. The van der Waals surface area contributed by atoms with Crippen LogP contribution < -0.4 is 5.56 Å². The van der Waals surface area contributed by atoms with Crippen LogP contribution in [0, 0.1) is 5.92 Å². The van der Waals surface area contributed by atoms with E-state index in [9.17, 15) is 13.2 Å². The highest BCUT2D eigenvalue weighted by Gasteiger charge is 2.36. The molecule has 7 nitrogen and oxygen atoms in total. The van der Waals surface area contributed by atoms with Crippen LogP contribution in [0.2, 0.25) is 0 Å². The summed E-state index contributed by atoms with van der Waals surface area (Å²) in [7, 11) is -3.36. The highest BCUT2D eigenvalue weighted by Crippen LogP contribution is 2.24. The van der Waals surface area contributed by atoms with Crippen molar-refractivity contribution < 1.29 is 13.2 Å². The van der Waals surface area contributed by atoms with Crippen LogP contribution in [0.3, 0.4) is 0 Å². The Hall–Kier alpha value is -1.22. The zero-order valence-electron chi connectivity index (χ0n) is 12.4. The van der Waals surface area contributed by atoms with Crippen LogP contribution in [0.4, 0.5) is 0 Å². The van der Waals surface area contributed by atoms with Crippen molar-refractivity contribution >= 4 is 10.2 Å². The number of morpholine rings is 1. The summed E-state index contributed by atoms with van der Waals surface area (Å²) >= 11 is 0. The summed E-state index contributed by atoms with van der Waals surface area (Å²) in [6.07, 6.45) is 3.34. The SMILES string of the molecule is O=c1ccc(C[C@H]2CCN(S(=O)(=O)N3CCOCC3)C2)c[nH]1. The normalized spacial score (nSPS) is 24.6. The second-order valence-corrected chi connectivity index (χ2v) is 7.73. The Morgan fingerprint density at radius 1 is 1.18 bits per heavy atom. The molecule has 1 atom stereocenters. The van der Waals surface area contributed by atoms with E-state index in [0.717, 1.165) is 18.4 Å². The van der Waals surface area contributed by atoms with E-state index in [1.54, 1.807) is 16.6 Å². The van der Waals surface area contributed by atoms with E-state index in [1.165, 1.54) is 10.4 Å². The molecule has 0 spiro atoms. The van der Waals surface area contributed by atoms with Gasteiger partial charge in [-0.05, 0) is 24.3 Å². The Kier molecular flexibility index (Phi) is 4.62. The molecular weight excluding hydrogens is 306 g/mol. The molecule has 0 saturated carbocycles. The first-order chi connectivity index (χ1) is 10.6. The lowest BCUT2D eigenvalue weighted by molar-refractivity contribution is 0.0705. The Morgan fingerprint density at radius 2 is 1.95 bits per heavy atom. The van der Waals surface area contributed by atoms with E-state index in [0.29, 0.717) is 45.3 Å². The summed E-state index contributed by atoms with van der Waals surface area (Å²) < 4.78 is 33.5. The minimum atomic E-state index is -3.36. The second kappa shape index (κ2) is 6.49. The van der Waals surface area contributed by atoms with Gasteiger partial charge in [-0.3, -0.25) is 4.79 Å². The van der Waals surface area contributed by atoms with Crippen molar-refractivity contribution in [2.24, 2.45) is 5.92 Å². The molecule has 2 aliphatic heterocycles. The number of aromatic nitrogens is 1. The van der Waals surface area contributed by atoms with Crippen molar-refractivity contribution in [3.63, 3.8) is 0 Å². The van der Waals surface area contributed by atoms with Gasteiger partial charge in [-0.25, -0.2) is 0 Å². The standard InChI is InChI=1S/C14H21N3O4S/c18-14-2-1-12(10-15-14)9-13-3-4-17(11-13)22(19,20)16-5-7-21-8-6-16/h1-2,10,13H,3-9,11H2,(H,15,18)/t13-/m1/s1. The highest BCUT2D eigenvalue weighted by molar-refractivity contribution is 7.86. The number of ether oxygens (including phenoxy) is 1. The van der Waals surface area contributed by atoms with Crippen molar-refractivity contribution in [3.05, 3.63) is 34.2 Å². The number of H-pyrrole nitrogens is 1. The Morgan fingerprint density at radius 3 is 2.64 bits per heavy atom. The van der Waals surface area contributed by atoms with Gasteiger partial charge in [0, 0.05) is 38.4 Å². The summed E-state index contributed by atoms with van der Waals surface area (Å²) in [5, 5.41) is 0. The van der Waals surface area contributed by atoms with Crippen molar-refractivity contribution in [1.82, 2.24) is 13.6 Å². The fourth-order valence-corrected chi connectivity index (χ4v) is 4.69. The molecule has 0 unspecified atom stereocenters. The van der Waals surface area contributed by atoms with Gasteiger partial charge in [-0.1, -0.05) is 6.07 Å². The van der Waals surface area contributed by atoms with E-state index >= 15 is 0 Å². The van der Waals surface area contributed by atoms with Crippen LogP contribution in [0.5, 0.6) is 0 Å². The van der Waals surface area contributed by atoms with Crippen LogP contribution in [-0.2, 0) is 21.4 Å². The van der Waals surface area contributed by atoms with E-state index < -0.39 is 10.2 Å². The van der Waals surface area contributed by atoms with Gasteiger partial charge < -0.3 is 9.72 Å². The maximum absolute atomic E-state index is 12.6. The van der Waals surface area contributed by atoms with Crippen molar-refractivity contribution in [2.45, 2.75) is 12.8 Å². The quantitative estimate of drug-likeness (QED) is 0.831. The smallest absolute Gasteiger partial charge is 0.282 e. The molecule has 122 valence electrons. The minimum Gasteiger partial charge on any atom is -0.379 e. The first-order valence-corrected chi connectivity index (χ1v) is 8.96. The van der Waals surface area contributed by atoms with Crippen LogP contribution in [-0.4, -0.2) is 61.4 Å². The largest absolute Gasteiger partial charge is 0.379 e. The number of pyridine rings is 1. The van der Waals surface area contributed by atoms with Crippen molar-refractivity contribution in [1.29, 1.82) is 0 Å². The van der Waals surface area contributed by atoms with E-state index in [-0.39, 0.29) is 5.56 Å². The molecule has 2 fully saturated rings. The van der Waals surface area contributed by atoms with Gasteiger partial charge in [0.15, 0.2) is 0 Å². The number of nitrogens with one attached hydrogen (secondary N) is 1. The number of rotatable bonds is 4. The highest BCUT2D eigenvalue weighted by atomic mass is 32.2. The molecule has 0 aliphatic carbocycles. The Bertz CT molecular complexity index is 646. The van der Waals surface area contributed by atoms with Crippen molar-refractivity contribution in [2.75, 3.05) is 39.4 Å². The number of aromatic amines is 1. The van der Waals surface area contributed by atoms with Gasteiger partial charge in [0.1, 0.15) is 0 Å². The number of hydrogen-bond donors (Lipinski definition) is 1. The van der Waals surface area contributed by atoms with Gasteiger partial charge in [0.2, 0.25) is 5.56 Å². The average molecular weight is 327 g/mol. The fraction of sp³-hybridized carbons (Fsp3) is 0.643. The third kappa shape index (κ3) is 3.40. The Labute approximate surface area is 130 Å². The zero-order valence-corrected chi connectivity index (χ0v) is 13.2. The molecule has 0 bridgehead atoms. The Balaban J connectivity index is 1.61. The predicted molar refractivity (Wildman–Crippen MR) is 81.8 cm³/mol. The average Bonchev–Trinajstić information content (AvgIpc) is 3.00. The van der Waals surface area contributed by atoms with Crippen LogP contribution in [0.25, 0.3) is 0 Å². The van der Waals surface area contributed by atoms with E-state index in [1.807, 2.05) is 0 Å². The number of hydrogen-bond acceptors (Lipinski definition) is 4. The lowest BCUT2D eigenvalue weighted by Crippen LogP contribution is -2.47. The molecule has 1 aromatic rings. The summed E-state index contributed by atoms with van der Waals surface area (Å²) in [6.45, 7) is 2.90.